The maximum Gasteiger partial charge on any atom is 0.322 e. The van der Waals surface area contributed by atoms with Crippen LogP contribution in [0, 0.1) is 0 Å². The molecular weight excluding hydrogens is 332 g/mol. The average molecular weight is 352 g/mol. The molecular formula is C19H20N4O3. The van der Waals surface area contributed by atoms with Gasteiger partial charge in [-0.25, -0.2) is 4.79 Å². The van der Waals surface area contributed by atoms with Crippen LogP contribution in [0.5, 0.6) is 0 Å². The maximum atomic E-state index is 12.1. The lowest BCUT2D eigenvalue weighted by Crippen LogP contribution is -2.45. The summed E-state index contributed by atoms with van der Waals surface area (Å²) in [5, 5.41) is 4.92. The molecule has 7 nitrogen and oxygen atoms in total. The molecule has 1 saturated heterocycles. The van der Waals surface area contributed by atoms with Crippen molar-refractivity contribution in [2.24, 2.45) is 0 Å². The summed E-state index contributed by atoms with van der Waals surface area (Å²) < 4.78 is 0. The minimum absolute atomic E-state index is 0.0298. The lowest BCUT2D eigenvalue weighted by Gasteiger charge is -2.17. The number of amides is 4. The van der Waals surface area contributed by atoms with E-state index in [2.05, 4.69) is 10.6 Å². The number of nitrogens with zero attached hydrogens (tertiary/aromatic N) is 1. The third-order valence-corrected chi connectivity index (χ3v) is 4.20. The van der Waals surface area contributed by atoms with E-state index in [0.29, 0.717) is 18.8 Å². The molecule has 1 fully saturated rings. The highest BCUT2D eigenvalue weighted by Gasteiger charge is 2.30. The predicted molar refractivity (Wildman–Crippen MR) is 97.1 cm³/mol. The fourth-order valence-corrected chi connectivity index (χ4v) is 2.92. The van der Waals surface area contributed by atoms with Gasteiger partial charge >= 0.3 is 6.03 Å². The van der Waals surface area contributed by atoms with Crippen LogP contribution < -0.4 is 16.4 Å². The van der Waals surface area contributed by atoms with Crippen molar-refractivity contribution in [3.8, 4) is 0 Å². The zero-order valence-corrected chi connectivity index (χ0v) is 14.1. The number of benzene rings is 2. The van der Waals surface area contributed by atoms with Crippen LogP contribution in [0.1, 0.15) is 22.3 Å². The number of urea groups is 1. The first kappa shape index (κ1) is 17.5. The molecule has 26 heavy (non-hydrogen) atoms. The number of nitrogen functional groups attached to an aromatic ring is 1. The average Bonchev–Trinajstić information content (AvgIpc) is 2.95. The lowest BCUT2D eigenvalue weighted by molar-refractivity contribution is -0.128. The van der Waals surface area contributed by atoms with Crippen LogP contribution >= 0.6 is 0 Å². The van der Waals surface area contributed by atoms with Gasteiger partial charge < -0.3 is 16.0 Å². The maximum absolute atomic E-state index is 12.1. The topological polar surface area (TPSA) is 105 Å². The van der Waals surface area contributed by atoms with Crippen molar-refractivity contribution in [2.45, 2.75) is 19.0 Å². The zero-order valence-electron chi connectivity index (χ0n) is 14.1. The summed E-state index contributed by atoms with van der Waals surface area (Å²) in [6.07, 6.45) is 0.210. The van der Waals surface area contributed by atoms with Crippen molar-refractivity contribution in [3.05, 3.63) is 65.7 Å². The Labute approximate surface area is 151 Å². The molecule has 2 aromatic carbocycles. The zero-order chi connectivity index (χ0) is 18.5. The number of nitrogens with one attached hydrogen (secondary N) is 2. The molecule has 1 heterocycles. The highest BCUT2D eigenvalue weighted by Crippen LogP contribution is 2.15. The first-order chi connectivity index (χ1) is 12.5. The van der Waals surface area contributed by atoms with Crippen LogP contribution in [0.4, 0.5) is 10.5 Å². The van der Waals surface area contributed by atoms with Crippen LogP contribution in [0.2, 0.25) is 0 Å². The number of nitrogens with two attached hydrogens (primary N) is 1. The monoisotopic (exact) mass is 352 g/mol. The second-order valence-electron chi connectivity index (χ2n) is 6.18. The van der Waals surface area contributed by atoms with Gasteiger partial charge in [0.05, 0.1) is 11.6 Å². The molecule has 1 aliphatic heterocycles. The Bertz CT molecular complexity index is 823. The van der Waals surface area contributed by atoms with E-state index >= 15 is 0 Å². The molecule has 1 unspecified atom stereocenters. The molecule has 4 amide bonds. The summed E-state index contributed by atoms with van der Waals surface area (Å²) in [5.74, 6) is -0.608. The Hall–Kier alpha value is -3.35. The van der Waals surface area contributed by atoms with E-state index in [4.69, 9.17) is 5.73 Å². The third kappa shape index (κ3) is 4.18. The molecule has 0 spiro atoms. The molecule has 0 aromatic heterocycles. The number of carbonyl (C=O) groups is 3. The summed E-state index contributed by atoms with van der Waals surface area (Å²) in [6, 6.07) is 15.2. The van der Waals surface area contributed by atoms with Gasteiger partial charge in [-0.2, -0.15) is 0 Å². The van der Waals surface area contributed by atoms with Gasteiger partial charge in [0, 0.05) is 25.2 Å². The molecule has 1 aliphatic rings. The van der Waals surface area contributed by atoms with Crippen molar-refractivity contribution in [3.63, 3.8) is 0 Å². The molecule has 0 radical (unpaired) electrons. The third-order valence-electron chi connectivity index (χ3n) is 4.20. The summed E-state index contributed by atoms with van der Waals surface area (Å²) in [5.41, 5.74) is 7.28. The van der Waals surface area contributed by atoms with Crippen LogP contribution in [0.15, 0.2) is 54.6 Å². The smallest absolute Gasteiger partial charge is 0.322 e. The van der Waals surface area contributed by atoms with Gasteiger partial charge in [0.15, 0.2) is 0 Å². The van der Waals surface area contributed by atoms with E-state index < -0.39 is 11.9 Å². The number of imide groups is 1. The van der Waals surface area contributed by atoms with Crippen molar-refractivity contribution < 1.29 is 14.4 Å². The van der Waals surface area contributed by atoms with Gasteiger partial charge in [0.1, 0.15) is 0 Å². The van der Waals surface area contributed by atoms with Gasteiger partial charge in [0.25, 0.3) is 5.91 Å². The quantitative estimate of drug-likeness (QED) is 0.726. The van der Waals surface area contributed by atoms with E-state index in [1.165, 1.54) is 0 Å². The largest absolute Gasteiger partial charge is 0.398 e. The first-order valence-corrected chi connectivity index (χ1v) is 8.31. The number of likely N-dealkylation sites (tertiary alicyclic amines) is 1. The molecule has 7 heteroatoms. The van der Waals surface area contributed by atoms with E-state index in [9.17, 15) is 14.4 Å². The predicted octanol–water partition coefficient (Wildman–Crippen LogP) is 1.51. The number of rotatable bonds is 4. The van der Waals surface area contributed by atoms with E-state index in [1.54, 1.807) is 29.2 Å². The Balaban J connectivity index is 1.53. The Morgan fingerprint density at radius 1 is 1.08 bits per heavy atom. The number of para-hydroxylation sites is 1. The summed E-state index contributed by atoms with van der Waals surface area (Å²) in [6.45, 7) is 0.905. The molecule has 0 saturated carbocycles. The molecule has 0 bridgehead atoms. The van der Waals surface area contributed by atoms with Gasteiger partial charge in [-0.3, -0.25) is 14.9 Å². The molecule has 0 aliphatic carbocycles. The van der Waals surface area contributed by atoms with Gasteiger partial charge in [0.2, 0.25) is 5.91 Å². The Morgan fingerprint density at radius 2 is 1.77 bits per heavy atom. The first-order valence-electron chi connectivity index (χ1n) is 8.31. The SMILES string of the molecule is Nc1ccccc1C(=O)NC(=O)NC1CC(=O)N(Cc2ccccc2)C1. The second kappa shape index (κ2) is 7.69. The number of hydrogen-bond acceptors (Lipinski definition) is 4. The van der Waals surface area contributed by atoms with Gasteiger partial charge in [-0.15, -0.1) is 0 Å². The molecule has 4 N–H and O–H groups in total. The van der Waals surface area contributed by atoms with Crippen LogP contribution in [0.3, 0.4) is 0 Å². The van der Waals surface area contributed by atoms with E-state index in [0.717, 1.165) is 5.56 Å². The van der Waals surface area contributed by atoms with E-state index in [-0.39, 0.29) is 23.9 Å². The van der Waals surface area contributed by atoms with Gasteiger partial charge in [-0.1, -0.05) is 42.5 Å². The van der Waals surface area contributed by atoms with Crippen LogP contribution in [0.25, 0.3) is 0 Å². The minimum atomic E-state index is -0.641. The van der Waals surface area contributed by atoms with Crippen LogP contribution in [-0.2, 0) is 11.3 Å². The molecule has 134 valence electrons. The highest BCUT2D eigenvalue weighted by molar-refractivity contribution is 6.07. The van der Waals surface area contributed by atoms with Gasteiger partial charge in [-0.05, 0) is 17.7 Å². The number of anilines is 1. The fourth-order valence-electron chi connectivity index (χ4n) is 2.92. The second-order valence-corrected chi connectivity index (χ2v) is 6.18. The number of hydrogen-bond donors (Lipinski definition) is 3. The van der Waals surface area contributed by atoms with Crippen molar-refractivity contribution >= 4 is 23.5 Å². The fraction of sp³-hybridized carbons (Fsp3) is 0.211. The number of carbonyl (C=O) groups excluding carboxylic acids is 3. The van der Waals surface area contributed by atoms with Crippen molar-refractivity contribution in [2.75, 3.05) is 12.3 Å². The summed E-state index contributed by atoms with van der Waals surface area (Å²) in [7, 11) is 0. The van der Waals surface area contributed by atoms with E-state index in [1.807, 2.05) is 30.3 Å². The lowest BCUT2D eigenvalue weighted by atomic mass is 10.2. The highest BCUT2D eigenvalue weighted by atomic mass is 16.2. The Morgan fingerprint density at radius 3 is 2.50 bits per heavy atom. The molecule has 2 aromatic rings. The molecule has 3 rings (SSSR count). The van der Waals surface area contributed by atoms with Crippen LogP contribution in [-0.4, -0.2) is 35.3 Å². The summed E-state index contributed by atoms with van der Waals surface area (Å²) in [4.78, 5) is 38.0. The minimum Gasteiger partial charge on any atom is -0.398 e. The standard InChI is InChI=1S/C19H20N4O3/c20-16-9-5-4-8-15(16)18(25)22-19(26)21-14-10-17(24)23(12-14)11-13-6-2-1-3-7-13/h1-9,14H,10-12,20H2,(H2,21,22,25,26). The normalized spacial score (nSPS) is 16.4. The molecule has 1 atom stereocenters. The van der Waals surface area contributed by atoms with Crippen molar-refractivity contribution in [1.82, 2.24) is 15.5 Å². The Kier molecular flexibility index (Phi) is 5.17. The van der Waals surface area contributed by atoms with Crippen molar-refractivity contribution in [1.29, 1.82) is 0 Å². The summed E-state index contributed by atoms with van der Waals surface area (Å²) >= 11 is 0.